The van der Waals surface area contributed by atoms with E-state index in [1.54, 1.807) is 0 Å². The molecule has 0 radical (unpaired) electrons. The number of aryl methyl sites for hydroxylation is 1. The maximum atomic E-state index is 6.18. The molecule has 4 heteroatoms. The number of benzene rings is 1. The number of imidazole rings is 1. The van der Waals surface area contributed by atoms with Crippen molar-refractivity contribution in [2.45, 2.75) is 50.6 Å². The van der Waals surface area contributed by atoms with E-state index in [4.69, 9.17) is 16.6 Å². The number of halogens is 1. The predicted octanol–water partition coefficient (Wildman–Crippen LogP) is 3.88. The van der Waals surface area contributed by atoms with Gasteiger partial charge in [0.25, 0.3) is 0 Å². The molecule has 2 aliphatic heterocycles. The molecule has 4 rings (SSSR count). The van der Waals surface area contributed by atoms with Crippen LogP contribution in [0.25, 0.3) is 11.0 Å². The number of fused-ring (bicyclic) bond motifs is 2. The second-order valence-corrected chi connectivity index (χ2v) is 6.80. The molecule has 3 heterocycles. The lowest BCUT2D eigenvalue weighted by atomic mass is 9.97. The van der Waals surface area contributed by atoms with Crippen LogP contribution in [0.3, 0.4) is 0 Å². The van der Waals surface area contributed by atoms with Crippen LogP contribution in [0.5, 0.6) is 0 Å². The monoisotopic (exact) mass is 303 g/mol. The van der Waals surface area contributed by atoms with Gasteiger partial charge in [0, 0.05) is 18.6 Å². The van der Waals surface area contributed by atoms with Crippen LogP contribution in [0.4, 0.5) is 0 Å². The molecule has 0 bridgehead atoms. The molecule has 21 heavy (non-hydrogen) atoms. The van der Waals surface area contributed by atoms with Crippen molar-refractivity contribution >= 4 is 22.6 Å². The number of rotatable bonds is 2. The lowest BCUT2D eigenvalue weighted by Crippen LogP contribution is -2.38. The average Bonchev–Trinajstić information content (AvgIpc) is 3.09. The standard InChI is InChI=1S/C17H22ClN3/c1-12-4-5-16-15(9-12)19-17(11-18)21(16)14-6-8-20-7-2-3-13(20)10-14/h4-5,9,13-14H,2-3,6-8,10-11H2,1H3. The Bertz CT molecular complexity index is 663. The molecular formula is C17H22ClN3. The Morgan fingerprint density at radius 2 is 2.14 bits per heavy atom. The summed E-state index contributed by atoms with van der Waals surface area (Å²) in [6.45, 7) is 4.64. The summed E-state index contributed by atoms with van der Waals surface area (Å²) in [5.41, 5.74) is 3.62. The Hall–Kier alpha value is -1.06. The molecule has 0 aliphatic carbocycles. The highest BCUT2D eigenvalue weighted by molar-refractivity contribution is 6.16. The van der Waals surface area contributed by atoms with Crippen LogP contribution in [-0.4, -0.2) is 33.6 Å². The van der Waals surface area contributed by atoms with Crippen LogP contribution >= 0.6 is 11.6 Å². The second-order valence-electron chi connectivity index (χ2n) is 6.53. The summed E-state index contributed by atoms with van der Waals surface area (Å²) in [5.74, 6) is 1.53. The van der Waals surface area contributed by atoms with Gasteiger partial charge in [-0.1, -0.05) is 6.07 Å². The zero-order chi connectivity index (χ0) is 14.4. The minimum atomic E-state index is 0.499. The number of hydrogen-bond acceptors (Lipinski definition) is 2. The third kappa shape index (κ3) is 2.27. The second kappa shape index (κ2) is 5.29. The van der Waals surface area contributed by atoms with Gasteiger partial charge in [-0.3, -0.25) is 0 Å². The number of alkyl halides is 1. The van der Waals surface area contributed by atoms with Crippen LogP contribution in [-0.2, 0) is 5.88 Å². The summed E-state index contributed by atoms with van der Waals surface area (Å²) in [5, 5.41) is 0. The molecule has 2 unspecified atom stereocenters. The molecule has 3 nitrogen and oxygen atoms in total. The van der Waals surface area contributed by atoms with Crippen molar-refractivity contribution in [1.82, 2.24) is 14.5 Å². The first-order valence-corrected chi connectivity index (χ1v) is 8.57. The molecule has 2 aliphatic rings. The van der Waals surface area contributed by atoms with Gasteiger partial charge in [-0.25, -0.2) is 4.98 Å². The molecule has 1 aromatic heterocycles. The molecule has 112 valence electrons. The first-order chi connectivity index (χ1) is 10.3. The van der Waals surface area contributed by atoms with E-state index in [1.165, 1.54) is 49.9 Å². The first-order valence-electron chi connectivity index (χ1n) is 8.04. The third-order valence-electron chi connectivity index (χ3n) is 5.20. The largest absolute Gasteiger partial charge is 0.324 e. The molecule has 0 amide bonds. The van der Waals surface area contributed by atoms with E-state index in [0.717, 1.165) is 17.4 Å². The Morgan fingerprint density at radius 3 is 3.00 bits per heavy atom. The van der Waals surface area contributed by atoms with Crippen molar-refractivity contribution < 1.29 is 0 Å². The van der Waals surface area contributed by atoms with Crippen molar-refractivity contribution in [1.29, 1.82) is 0 Å². The van der Waals surface area contributed by atoms with Crippen molar-refractivity contribution in [3.8, 4) is 0 Å². The predicted molar refractivity (Wildman–Crippen MR) is 86.9 cm³/mol. The molecule has 0 saturated carbocycles. The van der Waals surface area contributed by atoms with E-state index >= 15 is 0 Å². The number of piperidine rings is 1. The van der Waals surface area contributed by atoms with Gasteiger partial charge in [0.1, 0.15) is 5.82 Å². The Balaban J connectivity index is 1.74. The Labute approximate surface area is 130 Å². The number of nitrogens with zero attached hydrogens (tertiary/aromatic N) is 3. The topological polar surface area (TPSA) is 21.1 Å². The summed E-state index contributed by atoms with van der Waals surface area (Å²) in [4.78, 5) is 7.44. The van der Waals surface area contributed by atoms with Crippen molar-refractivity contribution in [2.24, 2.45) is 0 Å². The van der Waals surface area contributed by atoms with E-state index < -0.39 is 0 Å². The molecule has 2 aromatic rings. The molecule has 0 spiro atoms. The molecule has 2 fully saturated rings. The van der Waals surface area contributed by atoms with Gasteiger partial charge >= 0.3 is 0 Å². The van der Waals surface area contributed by atoms with Crippen LogP contribution in [0.15, 0.2) is 18.2 Å². The van der Waals surface area contributed by atoms with E-state index in [-0.39, 0.29) is 0 Å². The molecular weight excluding hydrogens is 282 g/mol. The number of hydrogen-bond donors (Lipinski definition) is 0. The van der Waals surface area contributed by atoms with E-state index in [9.17, 15) is 0 Å². The fourth-order valence-electron chi connectivity index (χ4n) is 4.20. The van der Waals surface area contributed by atoms with E-state index in [0.29, 0.717) is 11.9 Å². The lowest BCUT2D eigenvalue weighted by molar-refractivity contribution is 0.156. The molecule has 0 N–H and O–H groups in total. The normalized spacial score (nSPS) is 26.4. The summed E-state index contributed by atoms with van der Waals surface area (Å²) in [7, 11) is 0. The maximum Gasteiger partial charge on any atom is 0.125 e. The average molecular weight is 304 g/mol. The fourth-order valence-corrected chi connectivity index (χ4v) is 4.39. The maximum absolute atomic E-state index is 6.18. The summed E-state index contributed by atoms with van der Waals surface area (Å²) in [6, 6.07) is 7.91. The molecule has 2 saturated heterocycles. The van der Waals surface area contributed by atoms with Crippen LogP contribution in [0.2, 0.25) is 0 Å². The smallest absolute Gasteiger partial charge is 0.125 e. The third-order valence-corrected chi connectivity index (χ3v) is 5.43. The summed E-state index contributed by atoms with van der Waals surface area (Å²) >= 11 is 6.18. The Kier molecular flexibility index (Phi) is 3.43. The van der Waals surface area contributed by atoms with Crippen molar-refractivity contribution in [2.75, 3.05) is 13.1 Å². The minimum Gasteiger partial charge on any atom is -0.324 e. The van der Waals surface area contributed by atoms with Crippen LogP contribution < -0.4 is 0 Å². The molecule has 2 atom stereocenters. The van der Waals surface area contributed by atoms with Gasteiger partial charge in [-0.15, -0.1) is 11.6 Å². The summed E-state index contributed by atoms with van der Waals surface area (Å²) < 4.78 is 2.43. The number of aromatic nitrogens is 2. The van der Waals surface area contributed by atoms with Crippen LogP contribution in [0, 0.1) is 6.92 Å². The Morgan fingerprint density at radius 1 is 1.24 bits per heavy atom. The van der Waals surface area contributed by atoms with E-state index in [1.807, 2.05) is 0 Å². The highest BCUT2D eigenvalue weighted by atomic mass is 35.5. The summed E-state index contributed by atoms with van der Waals surface area (Å²) in [6.07, 6.45) is 5.20. The highest BCUT2D eigenvalue weighted by Crippen LogP contribution is 2.36. The zero-order valence-electron chi connectivity index (χ0n) is 12.6. The van der Waals surface area contributed by atoms with Gasteiger partial charge < -0.3 is 9.47 Å². The first kappa shape index (κ1) is 13.6. The van der Waals surface area contributed by atoms with Crippen molar-refractivity contribution in [3.63, 3.8) is 0 Å². The van der Waals surface area contributed by atoms with E-state index in [2.05, 4.69) is 34.6 Å². The minimum absolute atomic E-state index is 0.499. The van der Waals surface area contributed by atoms with Gasteiger partial charge in [0.2, 0.25) is 0 Å². The quantitative estimate of drug-likeness (QED) is 0.785. The van der Waals surface area contributed by atoms with Gasteiger partial charge in [0.05, 0.1) is 16.9 Å². The van der Waals surface area contributed by atoms with Gasteiger partial charge in [-0.2, -0.15) is 0 Å². The van der Waals surface area contributed by atoms with Gasteiger partial charge in [0.15, 0.2) is 0 Å². The fraction of sp³-hybridized carbons (Fsp3) is 0.588. The van der Waals surface area contributed by atoms with Crippen molar-refractivity contribution in [3.05, 3.63) is 29.6 Å². The van der Waals surface area contributed by atoms with Crippen LogP contribution in [0.1, 0.15) is 43.1 Å². The van der Waals surface area contributed by atoms with Gasteiger partial charge in [-0.05, 0) is 56.8 Å². The zero-order valence-corrected chi connectivity index (χ0v) is 13.3. The molecule has 1 aromatic carbocycles. The SMILES string of the molecule is Cc1ccc2c(c1)nc(CCl)n2C1CCN2CCCC2C1. The highest BCUT2D eigenvalue weighted by Gasteiger charge is 2.33. The lowest BCUT2D eigenvalue weighted by Gasteiger charge is -2.36.